The third-order valence-electron chi connectivity index (χ3n) is 3.99. The second-order valence-electron chi connectivity index (χ2n) is 7.04. The van der Waals surface area contributed by atoms with Gasteiger partial charge in [0.05, 0.1) is 29.3 Å². The fraction of sp³-hybridized carbons (Fsp3) is 0.421. The van der Waals surface area contributed by atoms with Gasteiger partial charge in [0, 0.05) is 18.9 Å². The number of rotatable bonds is 7. The summed E-state index contributed by atoms with van der Waals surface area (Å²) in [5, 5.41) is 8.76. The van der Waals surface area contributed by atoms with E-state index in [2.05, 4.69) is 34.2 Å². The molecule has 3 aromatic rings. The van der Waals surface area contributed by atoms with Crippen molar-refractivity contribution in [1.82, 2.24) is 19.7 Å². The first-order chi connectivity index (χ1) is 13.2. The molecule has 3 aromatic heterocycles. The van der Waals surface area contributed by atoms with Gasteiger partial charge in [0.15, 0.2) is 6.61 Å². The predicted molar refractivity (Wildman–Crippen MR) is 100 cm³/mol. The summed E-state index contributed by atoms with van der Waals surface area (Å²) in [5.74, 6) is 1.38. The lowest BCUT2D eigenvalue weighted by Crippen LogP contribution is -2.19. The molecule has 0 fully saturated rings. The van der Waals surface area contributed by atoms with Gasteiger partial charge in [-0.3, -0.25) is 9.67 Å². The first-order valence-electron chi connectivity index (χ1n) is 8.92. The van der Waals surface area contributed by atoms with Gasteiger partial charge >= 0.3 is 6.18 Å². The maximum absolute atomic E-state index is 12.3. The number of pyridine rings is 2. The molecule has 150 valence electrons. The lowest BCUT2D eigenvalue weighted by molar-refractivity contribution is -0.153. The molecule has 6 nitrogen and oxygen atoms in total. The van der Waals surface area contributed by atoms with Gasteiger partial charge in [-0.2, -0.15) is 18.3 Å². The molecule has 0 atom stereocenters. The molecule has 0 unspecified atom stereocenters. The zero-order chi connectivity index (χ0) is 20.3. The van der Waals surface area contributed by atoms with E-state index in [0.29, 0.717) is 23.7 Å². The Balaban J connectivity index is 1.75. The van der Waals surface area contributed by atoms with Crippen LogP contribution in [0.1, 0.15) is 25.1 Å². The number of ether oxygens (including phenoxy) is 1. The van der Waals surface area contributed by atoms with Crippen LogP contribution in [-0.4, -0.2) is 39.1 Å². The minimum atomic E-state index is -4.38. The summed E-state index contributed by atoms with van der Waals surface area (Å²) in [6.45, 7) is 5.78. The summed E-state index contributed by atoms with van der Waals surface area (Å²) in [4.78, 5) is 8.58. The molecule has 9 heteroatoms. The van der Waals surface area contributed by atoms with Gasteiger partial charge in [0.2, 0.25) is 0 Å². The fourth-order valence-corrected chi connectivity index (χ4v) is 2.68. The number of aromatic nitrogens is 4. The molecule has 3 heterocycles. The molecule has 0 aliphatic carbocycles. The number of aryl methyl sites for hydroxylation is 1. The third kappa shape index (κ3) is 5.11. The summed E-state index contributed by atoms with van der Waals surface area (Å²) < 4.78 is 43.4. The first-order valence-corrected chi connectivity index (χ1v) is 8.92. The normalized spacial score (nSPS) is 12.0. The number of hydrogen-bond donors (Lipinski definition) is 1. The van der Waals surface area contributed by atoms with E-state index >= 15 is 0 Å². The Bertz CT molecular complexity index is 952. The third-order valence-corrected chi connectivity index (χ3v) is 3.99. The minimum Gasteiger partial charge on any atom is -0.482 e. The van der Waals surface area contributed by atoms with Crippen LogP contribution in [0.4, 0.5) is 19.0 Å². The minimum absolute atomic E-state index is 0.121. The SMILES string of the molecule is Cc1cc(Cn2cc3c(NCC(C)C)nccc3n2)ncc1OCC(F)(F)F. The van der Waals surface area contributed by atoms with Crippen molar-refractivity contribution in [2.24, 2.45) is 5.92 Å². The molecule has 0 bridgehead atoms. The van der Waals surface area contributed by atoms with Gasteiger partial charge in [0.25, 0.3) is 0 Å². The summed E-state index contributed by atoms with van der Waals surface area (Å²) >= 11 is 0. The number of alkyl halides is 3. The molecule has 0 radical (unpaired) electrons. The van der Waals surface area contributed by atoms with Crippen LogP contribution in [0.5, 0.6) is 5.75 Å². The van der Waals surface area contributed by atoms with Crippen molar-refractivity contribution in [2.45, 2.75) is 33.5 Å². The first kappa shape index (κ1) is 19.9. The molecule has 0 aliphatic rings. The van der Waals surface area contributed by atoms with E-state index in [1.165, 1.54) is 6.20 Å². The largest absolute Gasteiger partial charge is 0.482 e. The van der Waals surface area contributed by atoms with Crippen molar-refractivity contribution in [2.75, 3.05) is 18.5 Å². The van der Waals surface area contributed by atoms with E-state index < -0.39 is 12.8 Å². The van der Waals surface area contributed by atoms with E-state index in [9.17, 15) is 13.2 Å². The molecule has 0 aromatic carbocycles. The number of hydrogen-bond acceptors (Lipinski definition) is 5. The number of nitrogens with one attached hydrogen (secondary N) is 1. The molecule has 0 saturated carbocycles. The average Bonchev–Trinajstić information content (AvgIpc) is 3.01. The molecule has 0 spiro atoms. The average molecular weight is 393 g/mol. The van der Waals surface area contributed by atoms with Gasteiger partial charge in [-0.25, -0.2) is 4.98 Å². The molecular weight excluding hydrogens is 371 g/mol. The van der Waals surface area contributed by atoms with E-state index in [1.54, 1.807) is 23.9 Å². The summed E-state index contributed by atoms with van der Waals surface area (Å²) in [6, 6.07) is 3.54. The number of halogens is 3. The van der Waals surface area contributed by atoms with Gasteiger partial charge in [-0.05, 0) is 30.5 Å². The highest BCUT2D eigenvalue weighted by Gasteiger charge is 2.28. The maximum atomic E-state index is 12.3. The van der Waals surface area contributed by atoms with Crippen LogP contribution in [0.15, 0.2) is 30.7 Å². The lowest BCUT2D eigenvalue weighted by atomic mass is 10.2. The maximum Gasteiger partial charge on any atom is 0.422 e. The Morgan fingerprint density at radius 1 is 1.25 bits per heavy atom. The van der Waals surface area contributed by atoms with Crippen molar-refractivity contribution < 1.29 is 17.9 Å². The zero-order valence-corrected chi connectivity index (χ0v) is 15.9. The quantitative estimate of drug-likeness (QED) is 0.652. The number of fused-ring (bicyclic) bond motifs is 1. The van der Waals surface area contributed by atoms with Gasteiger partial charge in [-0.1, -0.05) is 13.8 Å². The number of nitrogens with zero attached hydrogens (tertiary/aromatic N) is 4. The van der Waals surface area contributed by atoms with Crippen LogP contribution in [0.2, 0.25) is 0 Å². The van der Waals surface area contributed by atoms with Crippen LogP contribution < -0.4 is 10.1 Å². The van der Waals surface area contributed by atoms with Crippen molar-refractivity contribution in [3.63, 3.8) is 0 Å². The second-order valence-corrected chi connectivity index (χ2v) is 7.04. The van der Waals surface area contributed by atoms with Crippen molar-refractivity contribution >= 4 is 16.7 Å². The van der Waals surface area contributed by atoms with Crippen molar-refractivity contribution in [3.05, 3.63) is 42.0 Å². The van der Waals surface area contributed by atoms with Gasteiger partial charge < -0.3 is 10.1 Å². The molecule has 0 amide bonds. The number of anilines is 1. The Labute approximate surface area is 160 Å². The Morgan fingerprint density at radius 2 is 2.04 bits per heavy atom. The van der Waals surface area contributed by atoms with E-state index in [1.807, 2.05) is 12.3 Å². The summed E-state index contributed by atoms with van der Waals surface area (Å²) in [6.07, 6.45) is 0.528. The monoisotopic (exact) mass is 393 g/mol. The van der Waals surface area contributed by atoms with Crippen LogP contribution in [0, 0.1) is 12.8 Å². The molecule has 1 N–H and O–H groups in total. The highest BCUT2D eigenvalue weighted by molar-refractivity contribution is 5.88. The van der Waals surface area contributed by atoms with E-state index in [-0.39, 0.29) is 5.75 Å². The molecule has 28 heavy (non-hydrogen) atoms. The van der Waals surface area contributed by atoms with Crippen molar-refractivity contribution in [3.8, 4) is 5.75 Å². The molecule has 0 aliphatic heterocycles. The highest BCUT2D eigenvalue weighted by Crippen LogP contribution is 2.23. The Morgan fingerprint density at radius 3 is 2.71 bits per heavy atom. The Kier molecular flexibility index (Phi) is 5.71. The smallest absolute Gasteiger partial charge is 0.422 e. The molecule has 0 saturated heterocycles. The summed E-state index contributed by atoms with van der Waals surface area (Å²) in [7, 11) is 0. The van der Waals surface area contributed by atoms with Crippen LogP contribution in [0.3, 0.4) is 0 Å². The van der Waals surface area contributed by atoms with E-state index in [0.717, 1.165) is 23.3 Å². The Hall–Kier alpha value is -2.84. The zero-order valence-electron chi connectivity index (χ0n) is 15.9. The topological polar surface area (TPSA) is 64.9 Å². The second kappa shape index (κ2) is 8.04. The van der Waals surface area contributed by atoms with Crippen LogP contribution >= 0.6 is 0 Å². The fourth-order valence-electron chi connectivity index (χ4n) is 2.68. The van der Waals surface area contributed by atoms with Crippen molar-refractivity contribution in [1.29, 1.82) is 0 Å². The van der Waals surface area contributed by atoms with Gasteiger partial charge in [-0.15, -0.1) is 0 Å². The predicted octanol–water partition coefficient (Wildman–Crippen LogP) is 4.19. The van der Waals surface area contributed by atoms with E-state index in [4.69, 9.17) is 4.74 Å². The van der Waals surface area contributed by atoms with Crippen LogP contribution in [0.25, 0.3) is 10.9 Å². The standard InChI is InChI=1S/C19H22F3N5O/c1-12(2)7-25-18-15-10-27(26-16(15)4-5-23-18)9-14-6-13(3)17(8-24-14)28-11-19(20,21)22/h4-6,8,10,12H,7,9,11H2,1-3H3,(H,23,25). The molecule has 3 rings (SSSR count). The summed E-state index contributed by atoms with van der Waals surface area (Å²) in [5.41, 5.74) is 2.07. The lowest BCUT2D eigenvalue weighted by Gasteiger charge is -2.11. The molecular formula is C19H22F3N5O. The van der Waals surface area contributed by atoms with Crippen LogP contribution in [-0.2, 0) is 6.54 Å². The highest BCUT2D eigenvalue weighted by atomic mass is 19.4. The van der Waals surface area contributed by atoms with Gasteiger partial charge in [0.1, 0.15) is 11.6 Å².